The minimum absolute atomic E-state index is 0.110. The van der Waals surface area contributed by atoms with E-state index in [1.165, 1.54) is 0 Å². The third-order valence-electron chi connectivity index (χ3n) is 3.19. The van der Waals surface area contributed by atoms with Gasteiger partial charge in [0.2, 0.25) is 0 Å². The topological polar surface area (TPSA) is 34.1 Å². The molecule has 0 N–H and O–H groups in total. The van der Waals surface area contributed by atoms with Crippen LogP contribution in [-0.4, -0.2) is 11.2 Å². The predicted octanol–water partition coefficient (Wildman–Crippen LogP) is 3.95. The number of aryl methyl sites for hydroxylation is 2. The number of allylic oxidation sites excluding steroid dienone is 1. The summed E-state index contributed by atoms with van der Waals surface area (Å²) in [6, 6.07) is 13.8. The van der Waals surface area contributed by atoms with Crippen molar-refractivity contribution >= 4 is 28.4 Å². The van der Waals surface area contributed by atoms with Gasteiger partial charge in [0.05, 0.1) is 0 Å². The highest BCUT2D eigenvalue weighted by molar-refractivity contribution is 6.75. The van der Waals surface area contributed by atoms with Gasteiger partial charge in [-0.3, -0.25) is 4.79 Å². The first kappa shape index (κ1) is 14.3. The van der Waals surface area contributed by atoms with E-state index < -0.39 is 5.24 Å². The Morgan fingerprint density at radius 2 is 1.55 bits per heavy atom. The Kier molecular flexibility index (Phi) is 4.19. The minimum atomic E-state index is -0.779. The van der Waals surface area contributed by atoms with Crippen LogP contribution in [0.1, 0.15) is 16.7 Å². The van der Waals surface area contributed by atoms with Gasteiger partial charge in [-0.1, -0.05) is 42.5 Å². The van der Waals surface area contributed by atoms with Crippen molar-refractivity contribution in [3.8, 4) is 11.1 Å². The van der Waals surface area contributed by atoms with Crippen molar-refractivity contribution in [2.45, 2.75) is 13.8 Å². The van der Waals surface area contributed by atoms with Gasteiger partial charge in [0, 0.05) is 5.56 Å². The van der Waals surface area contributed by atoms with E-state index in [-0.39, 0.29) is 5.57 Å². The first-order valence-corrected chi connectivity index (χ1v) is 6.54. The van der Waals surface area contributed by atoms with E-state index >= 15 is 0 Å². The molecule has 0 fully saturated rings. The summed E-state index contributed by atoms with van der Waals surface area (Å²) < 4.78 is 0. The zero-order chi connectivity index (χ0) is 14.7. The van der Waals surface area contributed by atoms with Crippen LogP contribution in [0, 0.1) is 13.8 Å². The van der Waals surface area contributed by atoms with Crippen molar-refractivity contribution in [2.75, 3.05) is 0 Å². The summed E-state index contributed by atoms with van der Waals surface area (Å²) in [5, 5.41) is -0.779. The van der Waals surface area contributed by atoms with Gasteiger partial charge >= 0.3 is 0 Å². The lowest BCUT2D eigenvalue weighted by Crippen LogP contribution is -2.00. The molecule has 0 atom stereocenters. The fourth-order valence-electron chi connectivity index (χ4n) is 2.34. The lowest BCUT2D eigenvalue weighted by molar-refractivity contribution is -0.106. The van der Waals surface area contributed by atoms with Crippen molar-refractivity contribution < 1.29 is 9.59 Å². The van der Waals surface area contributed by atoms with Gasteiger partial charge in [-0.05, 0) is 47.7 Å². The molecular formula is C17H13ClO2. The minimum Gasteiger partial charge on any atom is -0.275 e. The Hall–Kier alpha value is -2.15. The largest absolute Gasteiger partial charge is 0.275 e. The molecule has 2 nitrogen and oxygen atoms in total. The van der Waals surface area contributed by atoms with E-state index in [4.69, 9.17) is 11.6 Å². The molecule has 2 aromatic carbocycles. The molecule has 0 radical (unpaired) electrons. The second-order valence-corrected chi connectivity index (χ2v) is 4.95. The Morgan fingerprint density at radius 3 is 2.00 bits per heavy atom. The number of rotatable bonds is 3. The molecule has 0 aliphatic carbocycles. The van der Waals surface area contributed by atoms with Gasteiger partial charge < -0.3 is 0 Å². The summed E-state index contributed by atoms with van der Waals surface area (Å²) in [4.78, 5) is 22.2. The standard InChI is InChI=1S/C17H13ClO2/c1-11-8-14(13-6-4-3-5-7-13)9-12(2)16(11)15(10-19)17(18)20/h3-9H,1-2H3. The molecule has 2 rings (SSSR count). The number of hydrogen-bond donors (Lipinski definition) is 0. The molecule has 0 amide bonds. The summed E-state index contributed by atoms with van der Waals surface area (Å²) in [7, 11) is 0. The van der Waals surface area contributed by atoms with Crippen LogP contribution in [0.2, 0.25) is 0 Å². The number of hydrogen-bond acceptors (Lipinski definition) is 2. The summed E-state index contributed by atoms with van der Waals surface area (Å²) in [5.74, 6) is 1.64. The fraction of sp³-hybridized carbons (Fsp3) is 0.118. The summed E-state index contributed by atoms with van der Waals surface area (Å²) >= 11 is 5.44. The first-order valence-electron chi connectivity index (χ1n) is 6.16. The van der Waals surface area contributed by atoms with E-state index in [2.05, 4.69) is 0 Å². The average molecular weight is 285 g/mol. The Morgan fingerprint density at radius 1 is 1.00 bits per heavy atom. The molecule has 0 aromatic heterocycles. The number of carbonyl (C=O) groups excluding carboxylic acids is 2. The molecule has 2 aromatic rings. The van der Waals surface area contributed by atoms with E-state index in [0.29, 0.717) is 5.56 Å². The summed E-state index contributed by atoms with van der Waals surface area (Å²) in [5.41, 5.74) is 4.24. The van der Waals surface area contributed by atoms with Gasteiger partial charge in [-0.2, -0.15) is 0 Å². The highest BCUT2D eigenvalue weighted by atomic mass is 35.5. The summed E-state index contributed by atoms with van der Waals surface area (Å²) in [6.45, 7) is 3.71. The Bertz CT molecular complexity index is 688. The zero-order valence-electron chi connectivity index (χ0n) is 11.2. The van der Waals surface area contributed by atoms with E-state index in [9.17, 15) is 9.59 Å². The monoisotopic (exact) mass is 284 g/mol. The van der Waals surface area contributed by atoms with Crippen LogP contribution in [0.15, 0.2) is 42.5 Å². The van der Waals surface area contributed by atoms with Gasteiger partial charge in [-0.15, -0.1) is 0 Å². The number of halogens is 1. The van der Waals surface area contributed by atoms with E-state index in [1.807, 2.05) is 56.3 Å². The van der Waals surface area contributed by atoms with Crippen molar-refractivity contribution in [1.29, 1.82) is 0 Å². The summed E-state index contributed by atoms with van der Waals surface area (Å²) in [6.07, 6.45) is 0. The van der Waals surface area contributed by atoms with Gasteiger partial charge in [0.15, 0.2) is 0 Å². The highest BCUT2D eigenvalue weighted by Crippen LogP contribution is 2.29. The molecule has 100 valence electrons. The Balaban J connectivity index is 2.61. The second kappa shape index (κ2) is 5.87. The highest BCUT2D eigenvalue weighted by Gasteiger charge is 2.16. The van der Waals surface area contributed by atoms with Crippen molar-refractivity contribution in [2.24, 2.45) is 0 Å². The quantitative estimate of drug-likeness (QED) is 0.486. The predicted molar refractivity (Wildman–Crippen MR) is 81.3 cm³/mol. The van der Waals surface area contributed by atoms with Crippen molar-refractivity contribution in [3.63, 3.8) is 0 Å². The maximum Gasteiger partial charge on any atom is 0.264 e. The van der Waals surface area contributed by atoms with Crippen LogP contribution in [0.4, 0.5) is 0 Å². The van der Waals surface area contributed by atoms with Gasteiger partial charge in [-0.25, -0.2) is 4.79 Å². The SMILES string of the molecule is Cc1cc(-c2ccccc2)cc(C)c1C(=C=O)C(=O)Cl. The molecule has 0 saturated carbocycles. The second-order valence-electron chi connectivity index (χ2n) is 4.60. The van der Waals surface area contributed by atoms with Crippen LogP contribution in [0.3, 0.4) is 0 Å². The number of carbonyl (C=O) groups is 1. The van der Waals surface area contributed by atoms with Crippen molar-refractivity contribution in [1.82, 2.24) is 0 Å². The Labute approximate surface area is 122 Å². The molecule has 0 heterocycles. The number of benzene rings is 2. The van der Waals surface area contributed by atoms with Gasteiger partial charge in [0.1, 0.15) is 11.5 Å². The molecule has 20 heavy (non-hydrogen) atoms. The fourth-order valence-corrected chi connectivity index (χ4v) is 2.48. The molecular weight excluding hydrogens is 272 g/mol. The molecule has 0 aliphatic heterocycles. The molecule has 0 saturated heterocycles. The van der Waals surface area contributed by atoms with Crippen LogP contribution in [0.25, 0.3) is 16.7 Å². The van der Waals surface area contributed by atoms with Crippen molar-refractivity contribution in [3.05, 3.63) is 59.2 Å². The molecule has 0 unspecified atom stereocenters. The van der Waals surface area contributed by atoms with Crippen LogP contribution in [0.5, 0.6) is 0 Å². The smallest absolute Gasteiger partial charge is 0.264 e. The maximum atomic E-state index is 11.3. The molecule has 0 spiro atoms. The zero-order valence-corrected chi connectivity index (χ0v) is 12.0. The first-order chi connectivity index (χ1) is 9.54. The van der Waals surface area contributed by atoms with Crippen LogP contribution in [-0.2, 0) is 9.59 Å². The van der Waals surface area contributed by atoms with Crippen LogP contribution < -0.4 is 0 Å². The van der Waals surface area contributed by atoms with Crippen LogP contribution >= 0.6 is 11.6 Å². The lowest BCUT2D eigenvalue weighted by Gasteiger charge is -2.12. The average Bonchev–Trinajstić information content (AvgIpc) is 2.43. The molecule has 3 heteroatoms. The van der Waals surface area contributed by atoms with E-state index in [0.717, 1.165) is 22.3 Å². The van der Waals surface area contributed by atoms with E-state index in [1.54, 1.807) is 5.94 Å². The third-order valence-corrected chi connectivity index (χ3v) is 3.38. The molecule has 0 bridgehead atoms. The maximum absolute atomic E-state index is 11.3. The lowest BCUT2D eigenvalue weighted by atomic mass is 9.92. The third kappa shape index (κ3) is 2.72. The molecule has 0 aliphatic rings. The van der Waals surface area contributed by atoms with Gasteiger partial charge in [0.25, 0.3) is 5.24 Å². The normalized spacial score (nSPS) is 9.95.